The number of Topliss-reactive ketones (excluding diaryl/α,β-unsaturated/α-hetero) is 1. The highest BCUT2D eigenvalue weighted by atomic mass is 32.2. The largest absolute Gasteiger partial charge is 0.471 e. The molecule has 2 fully saturated rings. The molecule has 2 aliphatic heterocycles. The summed E-state index contributed by atoms with van der Waals surface area (Å²) >= 11 is 0. The highest BCUT2D eigenvalue weighted by Gasteiger charge is 2.39. The van der Waals surface area contributed by atoms with E-state index in [9.17, 15) is 62.4 Å². The highest BCUT2D eigenvalue weighted by molar-refractivity contribution is 7.91. The number of hydrogen-bond acceptors (Lipinski definition) is 11. The molecule has 2 saturated heterocycles. The van der Waals surface area contributed by atoms with Gasteiger partial charge >= 0.3 is 36.2 Å². The van der Waals surface area contributed by atoms with Crippen LogP contribution in [0, 0.1) is 0 Å². The summed E-state index contributed by atoms with van der Waals surface area (Å²) < 4.78 is 127. The summed E-state index contributed by atoms with van der Waals surface area (Å²) in [5, 5.41) is 8.00. The number of alkyl halides is 6. The summed E-state index contributed by atoms with van der Waals surface area (Å²) in [4.78, 5) is 55.6. The lowest BCUT2D eigenvalue weighted by Crippen LogP contribution is -2.49. The van der Waals surface area contributed by atoms with Crippen molar-refractivity contribution in [2.24, 2.45) is 0 Å². The number of hydrogen-bond donors (Lipinski definition) is 1. The van der Waals surface area contributed by atoms with Gasteiger partial charge in [0.2, 0.25) is 5.89 Å². The lowest BCUT2D eigenvalue weighted by Gasteiger charge is -2.33. The zero-order chi connectivity index (χ0) is 50.0. The number of amides is 5. The quantitative estimate of drug-likeness (QED) is 0.113. The number of nitrogens with zero attached hydrogens (tertiary/aromatic N) is 6. The van der Waals surface area contributed by atoms with E-state index in [1.165, 1.54) is 27.2 Å². The van der Waals surface area contributed by atoms with Crippen molar-refractivity contribution in [3.63, 3.8) is 0 Å². The Morgan fingerprint density at radius 3 is 1.33 bits per heavy atom. The molecule has 1 aromatic heterocycles. The molecule has 16 nitrogen and oxygen atoms in total. The molecule has 0 radical (unpaired) electrons. The molecule has 0 saturated carbocycles. The van der Waals surface area contributed by atoms with Crippen LogP contribution in [0.15, 0.2) is 114 Å². The van der Waals surface area contributed by atoms with Gasteiger partial charge in [0.25, 0.3) is 0 Å². The van der Waals surface area contributed by atoms with Crippen LogP contribution in [0.4, 0.5) is 35.9 Å². The fourth-order valence-electron chi connectivity index (χ4n) is 7.00. The van der Waals surface area contributed by atoms with Gasteiger partial charge in [0.05, 0.1) is 29.6 Å². The number of halogens is 6. The highest BCUT2D eigenvalue weighted by Crippen LogP contribution is 2.30. The van der Waals surface area contributed by atoms with E-state index in [2.05, 4.69) is 10.2 Å². The van der Waals surface area contributed by atoms with Crippen molar-refractivity contribution < 1.29 is 66.8 Å². The van der Waals surface area contributed by atoms with E-state index < -0.39 is 56.2 Å². The molecule has 7 rings (SSSR count). The minimum atomic E-state index is -5.07. The van der Waals surface area contributed by atoms with E-state index in [0.717, 1.165) is 16.7 Å². The molecule has 4 aromatic carbocycles. The third-order valence-corrected chi connectivity index (χ3v) is 14.0. The van der Waals surface area contributed by atoms with E-state index in [1.807, 2.05) is 60.7 Å². The molecule has 5 amide bonds. The number of urea groups is 2. The van der Waals surface area contributed by atoms with E-state index in [0.29, 0.717) is 17.7 Å². The molecule has 368 valence electrons. The summed E-state index contributed by atoms with van der Waals surface area (Å²) in [5.74, 6) is -4.91. The number of carbonyl (C=O) groups is 4. The first-order chi connectivity index (χ1) is 32.5. The lowest BCUT2D eigenvalue weighted by molar-refractivity contribution is -0.173. The van der Waals surface area contributed by atoms with Gasteiger partial charge in [0.1, 0.15) is 0 Å². The Morgan fingerprint density at radius 1 is 0.565 bits per heavy atom. The Labute approximate surface area is 392 Å². The minimum absolute atomic E-state index is 0.0727. The Morgan fingerprint density at radius 2 is 0.957 bits per heavy atom. The van der Waals surface area contributed by atoms with Gasteiger partial charge in [-0.15, -0.1) is 10.2 Å². The number of carbonyl (C=O) groups excluding carboxylic acids is 4. The zero-order valence-electron chi connectivity index (χ0n) is 36.5. The lowest BCUT2D eigenvalue weighted by atomic mass is 10.1. The van der Waals surface area contributed by atoms with Crippen LogP contribution < -0.4 is 5.32 Å². The third-order valence-electron chi connectivity index (χ3n) is 10.8. The predicted molar refractivity (Wildman–Crippen MR) is 237 cm³/mol. The number of rotatable bonds is 12. The number of aromatic nitrogens is 2. The second kappa shape index (κ2) is 22.1. The van der Waals surface area contributed by atoms with Crippen molar-refractivity contribution in [2.75, 3.05) is 55.7 Å². The Hall–Kier alpha value is -6.82. The van der Waals surface area contributed by atoms with Crippen LogP contribution in [-0.2, 0) is 56.8 Å². The second-order valence-electron chi connectivity index (χ2n) is 15.9. The fraction of sp³-hybridized carbons (Fsp3) is 0.333. The molecule has 69 heavy (non-hydrogen) atoms. The number of sulfone groups is 2. The van der Waals surface area contributed by atoms with Gasteiger partial charge in [-0.05, 0) is 34.4 Å². The summed E-state index contributed by atoms with van der Waals surface area (Å²) in [6.07, 6.45) is -9.80. The van der Waals surface area contributed by atoms with E-state index in [1.54, 1.807) is 46.2 Å². The topological polar surface area (TPSA) is 200 Å². The number of nitrogens with one attached hydrogen (secondary N) is 1. The van der Waals surface area contributed by atoms with Gasteiger partial charge in [-0.1, -0.05) is 97.1 Å². The van der Waals surface area contributed by atoms with Crippen LogP contribution in [0.1, 0.15) is 38.5 Å². The Kier molecular flexibility index (Phi) is 16.5. The van der Waals surface area contributed by atoms with Gasteiger partial charge in [-0.3, -0.25) is 9.59 Å². The molecule has 0 spiro atoms. The van der Waals surface area contributed by atoms with Crippen molar-refractivity contribution >= 4 is 43.4 Å². The molecule has 0 atom stereocenters. The molecule has 0 unspecified atom stereocenters. The van der Waals surface area contributed by atoms with Crippen molar-refractivity contribution in [2.45, 2.75) is 38.5 Å². The SMILES string of the molecule is O=C(CNC(=O)C(F)(F)F)c1ccc(CN(Cc2ccccc2)C(=O)N2CCS(=O)(=O)CC2)cc1.O=C(N1CCS(=O)(=O)CC1)N(Cc1ccccc1)Cc1ccc(-c2nnc(C(F)(F)F)o2)cc1. The van der Waals surface area contributed by atoms with Crippen LogP contribution >= 0.6 is 0 Å². The van der Waals surface area contributed by atoms with Crippen molar-refractivity contribution in [3.05, 3.63) is 143 Å². The third kappa shape index (κ3) is 15.1. The van der Waals surface area contributed by atoms with Gasteiger partial charge in [0, 0.05) is 63.5 Å². The predicted octanol–water partition coefficient (Wildman–Crippen LogP) is 6.01. The van der Waals surface area contributed by atoms with E-state index >= 15 is 0 Å². The summed E-state index contributed by atoms with van der Waals surface area (Å²) in [7, 11) is -6.29. The van der Waals surface area contributed by atoms with Crippen LogP contribution in [0.3, 0.4) is 0 Å². The first kappa shape index (κ1) is 51.6. The average Bonchev–Trinajstić information content (AvgIpc) is 3.83. The first-order valence-corrected chi connectivity index (χ1v) is 24.7. The molecule has 5 aromatic rings. The molecule has 1 N–H and O–H groups in total. The van der Waals surface area contributed by atoms with Crippen molar-refractivity contribution in [1.29, 1.82) is 0 Å². The molecule has 0 bridgehead atoms. The summed E-state index contributed by atoms with van der Waals surface area (Å²) in [5.41, 5.74) is 3.59. The van der Waals surface area contributed by atoms with Crippen LogP contribution in [0.25, 0.3) is 11.5 Å². The maximum Gasteiger partial charge on any atom is 0.471 e. The maximum absolute atomic E-state index is 13.2. The van der Waals surface area contributed by atoms with Gasteiger partial charge < -0.3 is 29.3 Å². The van der Waals surface area contributed by atoms with Crippen LogP contribution in [0.5, 0.6) is 0 Å². The Balaban J connectivity index is 0.000000227. The molecule has 0 aliphatic carbocycles. The molecular formula is C45H45F6N7O9S2. The van der Waals surface area contributed by atoms with Crippen molar-refractivity contribution in [1.82, 2.24) is 35.1 Å². The van der Waals surface area contributed by atoms with Crippen molar-refractivity contribution in [3.8, 4) is 11.5 Å². The first-order valence-electron chi connectivity index (χ1n) is 21.1. The van der Waals surface area contributed by atoms with Crippen LogP contribution in [0.2, 0.25) is 0 Å². The fourth-order valence-corrected chi connectivity index (χ4v) is 9.41. The van der Waals surface area contributed by atoms with E-state index in [-0.39, 0.29) is 92.3 Å². The van der Waals surface area contributed by atoms with Gasteiger partial charge in [-0.25, -0.2) is 26.4 Å². The molecule has 2 aliphatic rings. The molecule has 3 heterocycles. The van der Waals surface area contributed by atoms with Gasteiger partial charge in [-0.2, -0.15) is 26.3 Å². The van der Waals surface area contributed by atoms with Crippen LogP contribution in [-0.4, -0.2) is 132 Å². The maximum atomic E-state index is 13.2. The zero-order valence-corrected chi connectivity index (χ0v) is 38.2. The minimum Gasteiger partial charge on any atom is -0.413 e. The van der Waals surface area contributed by atoms with Gasteiger partial charge in [0.15, 0.2) is 25.5 Å². The molecule has 24 heteroatoms. The normalized spacial score (nSPS) is 15.6. The second-order valence-corrected chi connectivity index (χ2v) is 20.5. The number of benzene rings is 4. The number of ketones is 1. The smallest absolute Gasteiger partial charge is 0.413 e. The van der Waals surface area contributed by atoms with E-state index in [4.69, 9.17) is 4.42 Å². The summed E-state index contributed by atoms with van der Waals surface area (Å²) in [6.45, 7) is 0.622. The molecular weight excluding hydrogens is 961 g/mol. The average molecular weight is 1010 g/mol. The summed E-state index contributed by atoms with van der Waals surface area (Å²) in [6, 6.07) is 30.4. The monoisotopic (exact) mass is 1010 g/mol. The Bertz CT molecular complexity index is 2770. The standard InChI is InChI=1S/C23H24F3N3O5S.C22H21F3N4O4S/c24-23(25,26)21(31)27-14-20(30)19-8-6-18(7-9-19)16-29(15-17-4-2-1-3-5-17)22(32)28-10-12-35(33,34)13-11-28;23-22(24,25)20-27-26-19(33-20)18-8-6-17(7-9-18)15-29(14-16-4-2-1-3-5-16)21(30)28-10-12-34(31,32)13-11-28/h1-9H,10-16H2,(H,27,31);1-9H,10-15H2.